The molecule has 0 saturated heterocycles. The molecule has 0 amide bonds. The highest BCUT2D eigenvalue weighted by Gasteiger charge is 2.17. The van der Waals surface area contributed by atoms with Crippen LogP contribution in [0.4, 0.5) is 0 Å². The Morgan fingerprint density at radius 1 is 1.33 bits per heavy atom. The molecule has 0 bridgehead atoms. The molecule has 1 N–H and O–H groups in total. The number of hydrogen-bond acceptors (Lipinski definition) is 3. The number of likely N-dealkylation sites (N-methyl/N-ethyl adjacent to an activating group) is 1. The molecule has 2 heterocycles. The van der Waals surface area contributed by atoms with Crippen molar-refractivity contribution in [2.75, 3.05) is 7.05 Å². The molecule has 1 unspecified atom stereocenters. The van der Waals surface area contributed by atoms with Crippen LogP contribution in [0.2, 0.25) is 0 Å². The van der Waals surface area contributed by atoms with Gasteiger partial charge < -0.3 is 14.3 Å². The van der Waals surface area contributed by atoms with E-state index in [1.54, 1.807) is 0 Å². The number of nitrogens with one attached hydrogen (secondary N) is 1. The lowest BCUT2D eigenvalue weighted by atomic mass is 10.1. The summed E-state index contributed by atoms with van der Waals surface area (Å²) in [5.41, 5.74) is 3.44. The van der Waals surface area contributed by atoms with Crippen LogP contribution >= 0.6 is 0 Å². The standard InChI is InChI=1S/C17H21N3O/c1-4-20-16-8-6-5-7-14(16)19-17(20)10-15(18-3)13-9-12(2)21-11-13/h5-9,11,15,18H,4,10H2,1-3H3. The second kappa shape index (κ2) is 5.74. The van der Waals surface area contributed by atoms with Crippen molar-refractivity contribution in [1.29, 1.82) is 0 Å². The lowest BCUT2D eigenvalue weighted by molar-refractivity contribution is 0.514. The fraction of sp³-hybridized carbons (Fsp3) is 0.353. The number of furan rings is 1. The van der Waals surface area contributed by atoms with Gasteiger partial charge in [-0.2, -0.15) is 0 Å². The van der Waals surface area contributed by atoms with E-state index in [0.717, 1.165) is 30.1 Å². The van der Waals surface area contributed by atoms with Gasteiger partial charge in [-0.3, -0.25) is 0 Å². The Balaban J connectivity index is 1.96. The molecule has 1 atom stereocenters. The van der Waals surface area contributed by atoms with Gasteiger partial charge in [0.15, 0.2) is 0 Å². The summed E-state index contributed by atoms with van der Waals surface area (Å²) < 4.78 is 7.72. The van der Waals surface area contributed by atoms with Crippen molar-refractivity contribution < 1.29 is 4.42 Å². The van der Waals surface area contributed by atoms with E-state index < -0.39 is 0 Å². The van der Waals surface area contributed by atoms with Gasteiger partial charge in [-0.05, 0) is 39.1 Å². The molecule has 4 heteroatoms. The van der Waals surface area contributed by atoms with Crippen molar-refractivity contribution in [1.82, 2.24) is 14.9 Å². The Morgan fingerprint density at radius 2 is 2.14 bits per heavy atom. The normalized spacial score (nSPS) is 12.9. The molecule has 2 aromatic heterocycles. The van der Waals surface area contributed by atoms with Crippen LogP contribution in [0.1, 0.15) is 30.1 Å². The summed E-state index contributed by atoms with van der Waals surface area (Å²) in [5, 5.41) is 3.36. The van der Waals surface area contributed by atoms with Crippen LogP contribution < -0.4 is 5.32 Å². The fourth-order valence-electron chi connectivity index (χ4n) is 2.85. The molecule has 0 saturated carbocycles. The van der Waals surface area contributed by atoms with Crippen LogP contribution in [0.3, 0.4) is 0 Å². The Morgan fingerprint density at radius 3 is 2.81 bits per heavy atom. The van der Waals surface area contributed by atoms with Crippen molar-refractivity contribution in [2.45, 2.75) is 32.9 Å². The molecule has 3 aromatic rings. The maximum absolute atomic E-state index is 5.43. The first-order valence-electron chi connectivity index (χ1n) is 7.39. The van der Waals surface area contributed by atoms with Gasteiger partial charge in [0, 0.05) is 24.6 Å². The van der Waals surface area contributed by atoms with E-state index in [1.165, 1.54) is 11.1 Å². The summed E-state index contributed by atoms with van der Waals surface area (Å²) in [6.07, 6.45) is 2.67. The number of aromatic nitrogens is 2. The number of nitrogens with zero attached hydrogens (tertiary/aromatic N) is 2. The van der Waals surface area contributed by atoms with Crippen LogP contribution in [-0.4, -0.2) is 16.6 Å². The minimum absolute atomic E-state index is 0.213. The summed E-state index contributed by atoms with van der Waals surface area (Å²) in [5.74, 6) is 2.05. The third-order valence-electron chi connectivity index (χ3n) is 3.94. The van der Waals surface area contributed by atoms with Crippen molar-refractivity contribution in [2.24, 2.45) is 0 Å². The molecule has 0 aliphatic carbocycles. The molecular formula is C17H21N3O. The largest absolute Gasteiger partial charge is 0.469 e. The lowest BCUT2D eigenvalue weighted by Crippen LogP contribution is -2.20. The molecule has 0 aliphatic heterocycles. The zero-order chi connectivity index (χ0) is 14.8. The number of benzene rings is 1. The van der Waals surface area contributed by atoms with Gasteiger partial charge >= 0.3 is 0 Å². The van der Waals surface area contributed by atoms with Crippen LogP contribution in [0, 0.1) is 6.92 Å². The second-order valence-electron chi connectivity index (χ2n) is 5.30. The zero-order valence-electron chi connectivity index (χ0n) is 12.8. The number of para-hydroxylation sites is 2. The highest BCUT2D eigenvalue weighted by Crippen LogP contribution is 2.23. The topological polar surface area (TPSA) is 43.0 Å². The molecule has 0 aliphatic rings. The van der Waals surface area contributed by atoms with Gasteiger partial charge in [0.2, 0.25) is 0 Å². The van der Waals surface area contributed by atoms with E-state index in [1.807, 2.05) is 26.3 Å². The fourth-order valence-corrected chi connectivity index (χ4v) is 2.85. The van der Waals surface area contributed by atoms with Crippen molar-refractivity contribution >= 4 is 11.0 Å². The van der Waals surface area contributed by atoms with Crippen molar-refractivity contribution in [3.05, 3.63) is 53.7 Å². The molecule has 0 radical (unpaired) electrons. The van der Waals surface area contributed by atoms with Crippen LogP contribution in [-0.2, 0) is 13.0 Å². The number of hydrogen-bond donors (Lipinski definition) is 1. The highest BCUT2D eigenvalue weighted by molar-refractivity contribution is 5.75. The lowest BCUT2D eigenvalue weighted by Gasteiger charge is -2.15. The molecule has 0 spiro atoms. The molecule has 0 fully saturated rings. The molecule has 1 aromatic carbocycles. The van der Waals surface area contributed by atoms with Gasteiger partial charge in [-0.25, -0.2) is 4.98 Å². The van der Waals surface area contributed by atoms with Crippen LogP contribution in [0.25, 0.3) is 11.0 Å². The maximum Gasteiger partial charge on any atom is 0.111 e. The zero-order valence-corrected chi connectivity index (χ0v) is 12.8. The average molecular weight is 283 g/mol. The van der Waals surface area contributed by atoms with Gasteiger partial charge in [0.05, 0.1) is 17.3 Å². The molecule has 21 heavy (non-hydrogen) atoms. The number of imidazole rings is 1. The Labute approximate surface area is 124 Å². The van der Waals surface area contributed by atoms with E-state index in [4.69, 9.17) is 9.40 Å². The average Bonchev–Trinajstić information content (AvgIpc) is 3.07. The SMILES string of the molecule is CCn1c(CC(NC)c2coc(C)c2)nc2ccccc21. The van der Waals surface area contributed by atoms with Gasteiger partial charge in [0.25, 0.3) is 0 Å². The van der Waals surface area contributed by atoms with Crippen molar-refractivity contribution in [3.63, 3.8) is 0 Å². The first-order valence-corrected chi connectivity index (χ1v) is 7.39. The second-order valence-corrected chi connectivity index (χ2v) is 5.30. The number of rotatable bonds is 5. The summed E-state index contributed by atoms with van der Waals surface area (Å²) >= 11 is 0. The smallest absolute Gasteiger partial charge is 0.111 e. The van der Waals surface area contributed by atoms with Crippen LogP contribution in [0.15, 0.2) is 41.0 Å². The minimum Gasteiger partial charge on any atom is -0.469 e. The number of aryl methyl sites for hydroxylation is 2. The third-order valence-corrected chi connectivity index (χ3v) is 3.94. The van der Waals surface area contributed by atoms with Crippen molar-refractivity contribution in [3.8, 4) is 0 Å². The monoisotopic (exact) mass is 283 g/mol. The quantitative estimate of drug-likeness (QED) is 0.779. The summed E-state index contributed by atoms with van der Waals surface area (Å²) in [6, 6.07) is 10.6. The summed E-state index contributed by atoms with van der Waals surface area (Å²) in [7, 11) is 1.98. The van der Waals surface area contributed by atoms with Gasteiger partial charge in [0.1, 0.15) is 11.6 Å². The van der Waals surface area contributed by atoms with E-state index in [2.05, 4.69) is 41.1 Å². The molecule has 110 valence electrons. The highest BCUT2D eigenvalue weighted by atomic mass is 16.3. The van der Waals surface area contributed by atoms with E-state index in [9.17, 15) is 0 Å². The third kappa shape index (κ3) is 2.59. The van der Waals surface area contributed by atoms with Crippen LogP contribution in [0.5, 0.6) is 0 Å². The molecule has 3 rings (SSSR count). The number of fused-ring (bicyclic) bond motifs is 1. The van der Waals surface area contributed by atoms with E-state index >= 15 is 0 Å². The van der Waals surface area contributed by atoms with Gasteiger partial charge in [-0.15, -0.1) is 0 Å². The molecular weight excluding hydrogens is 262 g/mol. The predicted octanol–water partition coefficient (Wildman–Crippen LogP) is 3.46. The Hall–Kier alpha value is -2.07. The first kappa shape index (κ1) is 13.9. The summed E-state index contributed by atoms with van der Waals surface area (Å²) in [4.78, 5) is 4.80. The molecule has 4 nitrogen and oxygen atoms in total. The first-order chi connectivity index (χ1) is 10.2. The van der Waals surface area contributed by atoms with E-state index in [-0.39, 0.29) is 6.04 Å². The van der Waals surface area contributed by atoms with E-state index in [0.29, 0.717) is 0 Å². The Kier molecular flexibility index (Phi) is 3.80. The predicted molar refractivity (Wildman–Crippen MR) is 84.4 cm³/mol. The minimum atomic E-state index is 0.213. The summed E-state index contributed by atoms with van der Waals surface area (Å²) in [6.45, 7) is 5.06. The maximum atomic E-state index is 5.43. The Bertz CT molecular complexity index is 741. The van der Waals surface area contributed by atoms with Gasteiger partial charge in [-0.1, -0.05) is 12.1 Å².